The largest absolute Gasteiger partial charge is 0.463 e. The van der Waals surface area contributed by atoms with Gasteiger partial charge in [-0.25, -0.2) is 0 Å². The molecule has 1 aliphatic carbocycles. The Bertz CT molecular complexity index is 763. The highest BCUT2D eigenvalue weighted by Crippen LogP contribution is 2.28. The molecule has 0 saturated heterocycles. The minimum atomic E-state index is -0.687. The Morgan fingerprint density at radius 3 is 2.45 bits per heavy atom. The fraction of sp³-hybridized carbons (Fsp3) is 0.0625. The van der Waals surface area contributed by atoms with Crippen LogP contribution in [-0.4, -0.2) is 17.3 Å². The molecule has 1 heterocycles. The molecule has 1 aromatic heterocycles. The lowest BCUT2D eigenvalue weighted by atomic mass is 9.91. The predicted molar refractivity (Wildman–Crippen MR) is 71.6 cm³/mol. The topological polar surface area (TPSA) is 64.3 Å². The molecule has 0 fully saturated rings. The van der Waals surface area contributed by atoms with Gasteiger partial charge in [0.15, 0.2) is 5.78 Å². The third-order valence-electron chi connectivity index (χ3n) is 3.24. The van der Waals surface area contributed by atoms with E-state index in [-0.39, 0.29) is 22.7 Å². The molecule has 0 amide bonds. The maximum absolute atomic E-state index is 12.4. The summed E-state index contributed by atoms with van der Waals surface area (Å²) in [6, 6.07) is 8.56. The molecular formula is C16H10O4. The molecule has 2 aromatic rings. The van der Waals surface area contributed by atoms with Crippen molar-refractivity contribution >= 4 is 23.4 Å². The minimum absolute atomic E-state index is 0.0643. The van der Waals surface area contributed by atoms with Gasteiger partial charge in [-0.3, -0.25) is 14.4 Å². The normalized spacial score (nSPS) is 13.9. The van der Waals surface area contributed by atoms with Crippen molar-refractivity contribution in [2.45, 2.75) is 6.92 Å². The van der Waals surface area contributed by atoms with Crippen molar-refractivity contribution in [3.8, 4) is 0 Å². The molecule has 0 unspecified atom stereocenters. The molecule has 0 bridgehead atoms. The third-order valence-corrected chi connectivity index (χ3v) is 3.24. The molecule has 3 rings (SSSR count). The molecule has 20 heavy (non-hydrogen) atoms. The van der Waals surface area contributed by atoms with E-state index in [9.17, 15) is 14.4 Å². The van der Waals surface area contributed by atoms with Crippen LogP contribution in [0.4, 0.5) is 0 Å². The highest BCUT2D eigenvalue weighted by atomic mass is 16.3. The fourth-order valence-corrected chi connectivity index (χ4v) is 2.18. The smallest absolute Gasteiger partial charge is 0.237 e. The van der Waals surface area contributed by atoms with Gasteiger partial charge >= 0.3 is 0 Å². The first-order chi connectivity index (χ1) is 9.59. The first-order valence-corrected chi connectivity index (χ1v) is 6.08. The summed E-state index contributed by atoms with van der Waals surface area (Å²) in [5.41, 5.74) is 0.959. The van der Waals surface area contributed by atoms with Gasteiger partial charge in [0.05, 0.1) is 11.1 Å². The van der Waals surface area contributed by atoms with E-state index in [4.69, 9.17) is 4.42 Å². The Morgan fingerprint density at radius 1 is 1.05 bits per heavy atom. The maximum atomic E-state index is 12.4. The molecule has 0 aliphatic heterocycles. The number of allylic oxidation sites excluding steroid dienone is 1. The van der Waals surface area contributed by atoms with Crippen LogP contribution in [-0.2, 0) is 4.79 Å². The standard InChI is InChI=1S/C16H10O4/c1-9-7-12-13(16(19)14(9)17)11(8-20-12)15(18)10-5-3-2-4-6-10/h2-8H,1H3. The van der Waals surface area contributed by atoms with Gasteiger partial charge in [0.1, 0.15) is 12.0 Å². The first kappa shape index (κ1) is 12.3. The highest BCUT2D eigenvalue weighted by Gasteiger charge is 2.33. The molecule has 0 N–H and O–H groups in total. The lowest BCUT2D eigenvalue weighted by molar-refractivity contribution is -0.111. The Labute approximate surface area is 114 Å². The SMILES string of the molecule is CC1=Cc2occ(C(=O)c3ccccc3)c2C(=O)C1=O. The number of carbonyl (C=O) groups excluding carboxylic acids is 3. The molecule has 1 aromatic carbocycles. The van der Waals surface area contributed by atoms with Crippen molar-refractivity contribution in [3.05, 3.63) is 64.6 Å². The second kappa shape index (κ2) is 4.42. The lowest BCUT2D eigenvalue weighted by Gasteiger charge is -2.07. The van der Waals surface area contributed by atoms with Gasteiger partial charge in [0.25, 0.3) is 0 Å². The average Bonchev–Trinajstić information content (AvgIpc) is 2.88. The third kappa shape index (κ3) is 1.73. The van der Waals surface area contributed by atoms with E-state index in [0.717, 1.165) is 0 Å². The number of Topliss-reactive ketones (excluding diaryl/α,β-unsaturated/α-hetero) is 2. The quantitative estimate of drug-likeness (QED) is 0.619. The summed E-state index contributed by atoms with van der Waals surface area (Å²) < 4.78 is 5.25. The van der Waals surface area contributed by atoms with Crippen LogP contribution in [0, 0.1) is 0 Å². The summed E-state index contributed by atoms with van der Waals surface area (Å²) in [7, 11) is 0. The number of benzene rings is 1. The van der Waals surface area contributed by atoms with Gasteiger partial charge in [-0.15, -0.1) is 0 Å². The zero-order valence-corrected chi connectivity index (χ0v) is 10.7. The Morgan fingerprint density at radius 2 is 1.75 bits per heavy atom. The van der Waals surface area contributed by atoms with Crippen LogP contribution in [0.2, 0.25) is 0 Å². The summed E-state index contributed by atoms with van der Waals surface area (Å²) >= 11 is 0. The minimum Gasteiger partial charge on any atom is -0.463 e. The van der Waals surface area contributed by atoms with Crippen molar-refractivity contribution in [3.63, 3.8) is 0 Å². The Hall–Kier alpha value is -2.75. The molecular weight excluding hydrogens is 256 g/mol. The van der Waals surface area contributed by atoms with Gasteiger partial charge in [-0.1, -0.05) is 30.3 Å². The molecule has 0 radical (unpaired) electrons. The number of hydrogen-bond acceptors (Lipinski definition) is 4. The second-order valence-corrected chi connectivity index (χ2v) is 4.57. The number of carbonyl (C=O) groups is 3. The van der Waals surface area contributed by atoms with Crippen LogP contribution in [0.5, 0.6) is 0 Å². The number of rotatable bonds is 2. The van der Waals surface area contributed by atoms with Crippen molar-refractivity contribution in [1.29, 1.82) is 0 Å². The molecule has 0 spiro atoms. The lowest BCUT2D eigenvalue weighted by Crippen LogP contribution is -2.21. The van der Waals surface area contributed by atoms with Gasteiger partial charge in [-0.05, 0) is 13.0 Å². The summed E-state index contributed by atoms with van der Waals surface area (Å²) in [6.07, 6.45) is 2.72. The molecule has 1 aliphatic rings. The first-order valence-electron chi connectivity index (χ1n) is 6.08. The molecule has 0 saturated carbocycles. The van der Waals surface area contributed by atoms with E-state index in [1.54, 1.807) is 37.3 Å². The van der Waals surface area contributed by atoms with E-state index >= 15 is 0 Å². The zero-order valence-electron chi connectivity index (χ0n) is 10.7. The molecule has 98 valence electrons. The predicted octanol–water partition coefficient (Wildman–Crippen LogP) is 2.68. The Balaban J connectivity index is 2.13. The Kier molecular flexibility index (Phi) is 2.71. The summed E-state index contributed by atoms with van der Waals surface area (Å²) in [5, 5.41) is 0. The number of ketones is 3. The van der Waals surface area contributed by atoms with E-state index in [2.05, 4.69) is 0 Å². The van der Waals surface area contributed by atoms with E-state index in [1.165, 1.54) is 12.3 Å². The monoisotopic (exact) mass is 266 g/mol. The summed E-state index contributed by atoms with van der Waals surface area (Å²) in [5.74, 6) is -1.34. The number of hydrogen-bond donors (Lipinski definition) is 0. The molecule has 0 atom stereocenters. The van der Waals surface area contributed by atoms with E-state index < -0.39 is 11.6 Å². The number of furan rings is 1. The highest BCUT2D eigenvalue weighted by molar-refractivity contribution is 6.52. The van der Waals surface area contributed by atoms with Gasteiger partial charge in [0, 0.05) is 11.1 Å². The van der Waals surface area contributed by atoms with Crippen LogP contribution in [0.3, 0.4) is 0 Å². The summed E-state index contributed by atoms with van der Waals surface area (Å²) in [4.78, 5) is 36.1. The van der Waals surface area contributed by atoms with Gasteiger partial charge in [0.2, 0.25) is 11.6 Å². The van der Waals surface area contributed by atoms with Crippen LogP contribution < -0.4 is 0 Å². The van der Waals surface area contributed by atoms with Crippen molar-refractivity contribution in [1.82, 2.24) is 0 Å². The van der Waals surface area contributed by atoms with Crippen LogP contribution in [0.15, 0.2) is 46.6 Å². The van der Waals surface area contributed by atoms with Crippen LogP contribution in [0.25, 0.3) is 6.08 Å². The van der Waals surface area contributed by atoms with Crippen molar-refractivity contribution < 1.29 is 18.8 Å². The number of fused-ring (bicyclic) bond motifs is 1. The van der Waals surface area contributed by atoms with Crippen LogP contribution >= 0.6 is 0 Å². The van der Waals surface area contributed by atoms with Crippen molar-refractivity contribution in [2.24, 2.45) is 0 Å². The molecule has 4 heteroatoms. The van der Waals surface area contributed by atoms with Gasteiger partial charge in [-0.2, -0.15) is 0 Å². The van der Waals surface area contributed by atoms with E-state index in [1.807, 2.05) is 0 Å². The zero-order chi connectivity index (χ0) is 14.3. The van der Waals surface area contributed by atoms with Gasteiger partial charge < -0.3 is 4.42 Å². The molecule has 4 nitrogen and oxygen atoms in total. The summed E-state index contributed by atoms with van der Waals surface area (Å²) in [6.45, 7) is 1.55. The second-order valence-electron chi connectivity index (χ2n) is 4.57. The average molecular weight is 266 g/mol. The fourth-order valence-electron chi connectivity index (χ4n) is 2.18. The van der Waals surface area contributed by atoms with Crippen molar-refractivity contribution in [2.75, 3.05) is 0 Å². The van der Waals surface area contributed by atoms with Crippen LogP contribution in [0.1, 0.15) is 39.0 Å². The maximum Gasteiger partial charge on any atom is 0.237 e. The van der Waals surface area contributed by atoms with E-state index in [0.29, 0.717) is 11.1 Å².